The molecule has 0 aliphatic heterocycles. The summed E-state index contributed by atoms with van der Waals surface area (Å²) in [7, 11) is 0. The monoisotopic (exact) mass is 305 g/mol. The molecule has 0 fully saturated rings. The lowest BCUT2D eigenvalue weighted by molar-refractivity contribution is -0.274. The van der Waals surface area contributed by atoms with Gasteiger partial charge < -0.3 is 15.2 Å². The maximum absolute atomic E-state index is 12.2. The van der Waals surface area contributed by atoms with E-state index in [2.05, 4.69) is 10.1 Å². The Morgan fingerprint density at radius 2 is 1.81 bits per heavy atom. The standard InChI is InChI=1S/C13H14F3NO4/c1-12(2,11(19)20)7-10(18)17-8-5-3-4-6-9(8)21-13(14,15)16/h3-6H,7H2,1-2H3,(H,17,18)(H,19,20). The number of para-hydroxylation sites is 2. The number of hydrogen-bond donors (Lipinski definition) is 2. The maximum atomic E-state index is 12.2. The predicted octanol–water partition coefficient (Wildman–Crippen LogP) is 3.02. The lowest BCUT2D eigenvalue weighted by Gasteiger charge is -2.19. The predicted molar refractivity (Wildman–Crippen MR) is 67.8 cm³/mol. The van der Waals surface area contributed by atoms with E-state index in [4.69, 9.17) is 5.11 Å². The quantitative estimate of drug-likeness (QED) is 0.876. The van der Waals surface area contributed by atoms with Gasteiger partial charge in [0.15, 0.2) is 5.75 Å². The lowest BCUT2D eigenvalue weighted by atomic mass is 9.89. The summed E-state index contributed by atoms with van der Waals surface area (Å²) >= 11 is 0. The average molecular weight is 305 g/mol. The van der Waals surface area contributed by atoms with Crippen molar-refractivity contribution in [3.8, 4) is 5.75 Å². The highest BCUT2D eigenvalue weighted by Crippen LogP contribution is 2.30. The first-order chi connectivity index (χ1) is 9.51. The summed E-state index contributed by atoms with van der Waals surface area (Å²) in [5.41, 5.74) is -1.51. The third-order valence-corrected chi connectivity index (χ3v) is 2.57. The van der Waals surface area contributed by atoms with Crippen LogP contribution in [0.1, 0.15) is 20.3 Å². The van der Waals surface area contributed by atoms with E-state index in [-0.39, 0.29) is 12.1 Å². The van der Waals surface area contributed by atoms with Crippen molar-refractivity contribution in [3.63, 3.8) is 0 Å². The highest BCUT2D eigenvalue weighted by Gasteiger charge is 2.33. The van der Waals surface area contributed by atoms with Crippen LogP contribution in [0.4, 0.5) is 18.9 Å². The van der Waals surface area contributed by atoms with Gasteiger partial charge in [0, 0.05) is 6.42 Å². The van der Waals surface area contributed by atoms with Crippen molar-refractivity contribution in [1.29, 1.82) is 0 Å². The molecule has 0 unspecified atom stereocenters. The third-order valence-electron chi connectivity index (χ3n) is 2.57. The van der Waals surface area contributed by atoms with Gasteiger partial charge in [-0.25, -0.2) is 0 Å². The van der Waals surface area contributed by atoms with Crippen LogP contribution in [-0.2, 0) is 9.59 Å². The molecule has 0 spiro atoms. The number of hydrogen-bond acceptors (Lipinski definition) is 3. The Morgan fingerprint density at radius 1 is 1.24 bits per heavy atom. The van der Waals surface area contributed by atoms with Crippen LogP contribution in [0.15, 0.2) is 24.3 Å². The smallest absolute Gasteiger partial charge is 0.481 e. The third kappa shape index (κ3) is 5.33. The topological polar surface area (TPSA) is 75.6 Å². The Hall–Kier alpha value is -2.25. The van der Waals surface area contributed by atoms with Crippen molar-refractivity contribution in [2.24, 2.45) is 5.41 Å². The summed E-state index contributed by atoms with van der Waals surface area (Å²) in [4.78, 5) is 22.6. The van der Waals surface area contributed by atoms with Gasteiger partial charge in [-0.3, -0.25) is 9.59 Å². The average Bonchev–Trinajstić information content (AvgIpc) is 2.28. The fraction of sp³-hybridized carbons (Fsp3) is 0.385. The molecule has 0 aromatic heterocycles. The highest BCUT2D eigenvalue weighted by atomic mass is 19.4. The van der Waals surface area contributed by atoms with Crippen LogP contribution in [0, 0.1) is 5.41 Å². The number of carboxylic acids is 1. The first-order valence-electron chi connectivity index (χ1n) is 5.89. The van der Waals surface area contributed by atoms with E-state index in [1.54, 1.807) is 0 Å². The highest BCUT2D eigenvalue weighted by molar-refractivity contribution is 5.95. The molecule has 2 N–H and O–H groups in total. The second kappa shape index (κ2) is 6.02. The lowest BCUT2D eigenvalue weighted by Crippen LogP contribution is -2.29. The van der Waals surface area contributed by atoms with Crippen molar-refractivity contribution in [1.82, 2.24) is 0 Å². The fourth-order valence-corrected chi connectivity index (χ4v) is 1.45. The molecular weight excluding hydrogens is 291 g/mol. The Kier molecular flexibility index (Phi) is 4.82. The number of nitrogens with one attached hydrogen (secondary N) is 1. The van der Waals surface area contributed by atoms with Crippen LogP contribution in [0.25, 0.3) is 0 Å². The molecule has 1 amide bonds. The number of benzene rings is 1. The molecule has 0 aliphatic rings. The van der Waals surface area contributed by atoms with Gasteiger partial charge in [-0.05, 0) is 26.0 Å². The molecule has 1 rings (SSSR count). The van der Waals surface area contributed by atoms with Crippen LogP contribution in [-0.4, -0.2) is 23.3 Å². The second-order valence-corrected chi connectivity index (χ2v) is 4.96. The molecule has 116 valence electrons. The molecule has 0 radical (unpaired) electrons. The van der Waals surface area contributed by atoms with E-state index < -0.39 is 29.4 Å². The van der Waals surface area contributed by atoms with Gasteiger partial charge in [0.25, 0.3) is 0 Å². The molecule has 1 aromatic carbocycles. The normalized spacial score (nSPS) is 11.9. The Morgan fingerprint density at radius 3 is 2.33 bits per heavy atom. The number of rotatable bonds is 5. The molecule has 21 heavy (non-hydrogen) atoms. The number of amides is 1. The molecule has 0 aliphatic carbocycles. The van der Waals surface area contributed by atoms with Crippen LogP contribution in [0.3, 0.4) is 0 Å². The number of alkyl halides is 3. The summed E-state index contributed by atoms with van der Waals surface area (Å²) in [5, 5.41) is 11.1. The fourth-order valence-electron chi connectivity index (χ4n) is 1.45. The molecule has 8 heteroatoms. The number of carbonyl (C=O) groups is 2. The summed E-state index contributed by atoms with van der Waals surface area (Å²) in [6.07, 6.45) is -5.27. The summed E-state index contributed by atoms with van der Waals surface area (Å²) in [6, 6.07) is 5.01. The molecular formula is C13H14F3NO4. The van der Waals surface area contributed by atoms with Crippen molar-refractivity contribution >= 4 is 17.6 Å². The van der Waals surface area contributed by atoms with Crippen molar-refractivity contribution < 1.29 is 32.6 Å². The molecule has 0 saturated heterocycles. The number of halogens is 3. The minimum absolute atomic E-state index is 0.180. The van der Waals surface area contributed by atoms with Crippen molar-refractivity contribution in [3.05, 3.63) is 24.3 Å². The van der Waals surface area contributed by atoms with Crippen LogP contribution in [0.2, 0.25) is 0 Å². The minimum Gasteiger partial charge on any atom is -0.481 e. The SMILES string of the molecule is CC(C)(CC(=O)Nc1ccccc1OC(F)(F)F)C(=O)O. The molecule has 0 atom stereocenters. The molecule has 5 nitrogen and oxygen atoms in total. The molecule has 0 saturated carbocycles. The van der Waals surface area contributed by atoms with E-state index in [1.165, 1.54) is 32.0 Å². The maximum Gasteiger partial charge on any atom is 0.573 e. The number of carbonyl (C=O) groups excluding carboxylic acids is 1. The van der Waals surface area contributed by atoms with Gasteiger partial charge in [0.1, 0.15) is 0 Å². The summed E-state index contributed by atoms with van der Waals surface area (Å²) < 4.78 is 40.4. The molecule has 0 bridgehead atoms. The summed E-state index contributed by atoms with van der Waals surface area (Å²) in [5.74, 6) is -2.47. The summed E-state index contributed by atoms with van der Waals surface area (Å²) in [6.45, 7) is 2.68. The molecule has 0 heterocycles. The first kappa shape index (κ1) is 16.8. The van der Waals surface area contributed by atoms with Crippen LogP contribution >= 0.6 is 0 Å². The van der Waals surface area contributed by atoms with Gasteiger partial charge >= 0.3 is 12.3 Å². The van der Waals surface area contributed by atoms with E-state index in [9.17, 15) is 22.8 Å². The van der Waals surface area contributed by atoms with Crippen LogP contribution in [0.5, 0.6) is 5.75 Å². The largest absolute Gasteiger partial charge is 0.573 e. The number of carboxylic acid groups (broad SMARTS) is 1. The van der Waals surface area contributed by atoms with Crippen molar-refractivity contribution in [2.75, 3.05) is 5.32 Å². The Balaban J connectivity index is 2.84. The van der Waals surface area contributed by atoms with E-state index in [0.717, 1.165) is 6.07 Å². The number of anilines is 1. The zero-order valence-electron chi connectivity index (χ0n) is 11.3. The Bertz CT molecular complexity index is 540. The van der Waals surface area contributed by atoms with Crippen LogP contribution < -0.4 is 10.1 Å². The van der Waals surface area contributed by atoms with E-state index in [0.29, 0.717) is 0 Å². The number of ether oxygens (including phenoxy) is 1. The zero-order chi connectivity index (χ0) is 16.3. The van der Waals surface area contributed by atoms with E-state index in [1.807, 2.05) is 0 Å². The zero-order valence-corrected chi connectivity index (χ0v) is 11.3. The number of aliphatic carboxylic acids is 1. The molecule has 1 aromatic rings. The van der Waals surface area contributed by atoms with Gasteiger partial charge in [-0.15, -0.1) is 13.2 Å². The van der Waals surface area contributed by atoms with E-state index >= 15 is 0 Å². The van der Waals surface area contributed by atoms with Gasteiger partial charge in [-0.2, -0.15) is 0 Å². The van der Waals surface area contributed by atoms with Gasteiger partial charge in [-0.1, -0.05) is 12.1 Å². The Labute approximate surface area is 118 Å². The second-order valence-electron chi connectivity index (χ2n) is 4.96. The van der Waals surface area contributed by atoms with Gasteiger partial charge in [0.05, 0.1) is 11.1 Å². The first-order valence-corrected chi connectivity index (χ1v) is 5.89. The van der Waals surface area contributed by atoms with Gasteiger partial charge in [0.2, 0.25) is 5.91 Å². The van der Waals surface area contributed by atoms with Crippen molar-refractivity contribution in [2.45, 2.75) is 26.6 Å². The minimum atomic E-state index is -4.89.